The van der Waals surface area contributed by atoms with Crippen LogP contribution in [0, 0.1) is 0 Å². The molecule has 0 radical (unpaired) electrons. The van der Waals surface area contributed by atoms with Crippen LogP contribution in [-0.2, 0) is 22.6 Å². The first-order chi connectivity index (χ1) is 12.6. The van der Waals surface area contributed by atoms with E-state index in [0.717, 1.165) is 25.1 Å². The van der Waals surface area contributed by atoms with Crippen LogP contribution in [0.25, 0.3) is 0 Å². The minimum atomic E-state index is -0.513. The van der Waals surface area contributed by atoms with Crippen LogP contribution in [-0.4, -0.2) is 44.6 Å². The molecule has 1 fully saturated rings. The molecule has 0 spiro atoms. The summed E-state index contributed by atoms with van der Waals surface area (Å²) in [6.45, 7) is 1.84. The molecule has 1 N–H and O–H groups in total. The second kappa shape index (κ2) is 8.57. The fourth-order valence-corrected chi connectivity index (χ4v) is 2.97. The average Bonchev–Trinajstić information content (AvgIpc) is 3.14. The van der Waals surface area contributed by atoms with Gasteiger partial charge in [-0.3, -0.25) is 19.6 Å². The first kappa shape index (κ1) is 18.1. The highest BCUT2D eigenvalue weighted by Gasteiger charge is 2.23. The van der Waals surface area contributed by atoms with Gasteiger partial charge in [0.2, 0.25) is 5.91 Å². The molecule has 3 rings (SSSR count). The Balaban J connectivity index is 1.66. The third kappa shape index (κ3) is 4.89. The quantitative estimate of drug-likeness (QED) is 0.779. The molecule has 1 saturated heterocycles. The second-order valence-corrected chi connectivity index (χ2v) is 6.28. The van der Waals surface area contributed by atoms with Crippen LogP contribution in [0.15, 0.2) is 46.2 Å². The summed E-state index contributed by atoms with van der Waals surface area (Å²) in [6, 6.07) is 6.86. The predicted octanol–water partition coefficient (Wildman–Crippen LogP) is 0.529. The Kier molecular flexibility index (Phi) is 5.96. The van der Waals surface area contributed by atoms with Crippen LogP contribution < -0.4 is 11.2 Å². The summed E-state index contributed by atoms with van der Waals surface area (Å²) in [6.07, 6.45) is 5.24. The number of nitrogens with zero attached hydrogens (tertiary/aromatic N) is 3. The van der Waals surface area contributed by atoms with E-state index < -0.39 is 11.2 Å². The molecule has 1 aliphatic heterocycles. The maximum absolute atomic E-state index is 12.7. The van der Waals surface area contributed by atoms with E-state index in [1.54, 1.807) is 11.1 Å². The van der Waals surface area contributed by atoms with Gasteiger partial charge in [-0.1, -0.05) is 6.07 Å². The Hall–Kier alpha value is -2.74. The van der Waals surface area contributed by atoms with Gasteiger partial charge in [-0.15, -0.1) is 0 Å². The molecule has 1 aliphatic rings. The lowest BCUT2D eigenvalue weighted by molar-refractivity contribution is -0.133. The zero-order valence-electron chi connectivity index (χ0n) is 14.5. The zero-order chi connectivity index (χ0) is 18.4. The Morgan fingerprint density at radius 1 is 1.35 bits per heavy atom. The van der Waals surface area contributed by atoms with Crippen molar-refractivity contribution in [1.29, 1.82) is 0 Å². The van der Waals surface area contributed by atoms with Crippen molar-refractivity contribution in [1.82, 2.24) is 19.4 Å². The standard InChI is InChI=1S/C18H22N4O4/c23-16-6-9-21(18(25)20-16)10-7-17(24)22(13-15-5-3-11-26-15)12-14-4-1-2-8-19-14/h1-2,4,6,8-9,15H,3,5,7,10-13H2,(H,20,23,25)/t15-/m1/s1. The van der Waals surface area contributed by atoms with Gasteiger partial charge in [0.05, 0.1) is 18.3 Å². The summed E-state index contributed by atoms with van der Waals surface area (Å²) in [7, 11) is 0. The Morgan fingerprint density at radius 2 is 2.23 bits per heavy atom. The van der Waals surface area contributed by atoms with Gasteiger partial charge in [-0.25, -0.2) is 4.79 Å². The summed E-state index contributed by atoms with van der Waals surface area (Å²) in [4.78, 5) is 43.8. The summed E-state index contributed by atoms with van der Waals surface area (Å²) < 4.78 is 6.98. The first-order valence-electron chi connectivity index (χ1n) is 8.71. The first-order valence-corrected chi connectivity index (χ1v) is 8.71. The molecular weight excluding hydrogens is 336 g/mol. The number of ether oxygens (including phenoxy) is 1. The predicted molar refractivity (Wildman–Crippen MR) is 94.6 cm³/mol. The third-order valence-electron chi connectivity index (χ3n) is 4.34. The summed E-state index contributed by atoms with van der Waals surface area (Å²) in [5.41, 5.74) is -0.159. The second-order valence-electron chi connectivity index (χ2n) is 6.28. The maximum Gasteiger partial charge on any atom is 0.328 e. The fraction of sp³-hybridized carbons (Fsp3) is 0.444. The topological polar surface area (TPSA) is 97.3 Å². The fourth-order valence-electron chi connectivity index (χ4n) is 2.97. The van der Waals surface area contributed by atoms with E-state index in [2.05, 4.69) is 9.97 Å². The molecule has 1 amide bonds. The summed E-state index contributed by atoms with van der Waals surface area (Å²) in [5, 5.41) is 0. The van der Waals surface area contributed by atoms with Crippen molar-refractivity contribution < 1.29 is 9.53 Å². The van der Waals surface area contributed by atoms with Crippen molar-refractivity contribution in [2.24, 2.45) is 0 Å². The largest absolute Gasteiger partial charge is 0.376 e. The molecule has 2 aromatic heterocycles. The Morgan fingerprint density at radius 3 is 2.92 bits per heavy atom. The lowest BCUT2D eigenvalue weighted by Gasteiger charge is -2.25. The number of hydrogen-bond donors (Lipinski definition) is 1. The molecule has 1 atom stereocenters. The minimum absolute atomic E-state index is 0.0402. The average molecular weight is 358 g/mol. The number of aromatic amines is 1. The van der Waals surface area contributed by atoms with Crippen molar-refractivity contribution in [3.63, 3.8) is 0 Å². The molecule has 8 nitrogen and oxygen atoms in total. The lowest BCUT2D eigenvalue weighted by atomic mass is 10.2. The molecule has 0 bridgehead atoms. The van der Waals surface area contributed by atoms with Gasteiger partial charge in [0.25, 0.3) is 5.56 Å². The lowest BCUT2D eigenvalue weighted by Crippen LogP contribution is -2.38. The number of carbonyl (C=O) groups excluding carboxylic acids is 1. The van der Waals surface area contributed by atoms with Gasteiger partial charge in [-0.05, 0) is 25.0 Å². The maximum atomic E-state index is 12.7. The number of nitrogens with one attached hydrogen (secondary N) is 1. The van der Waals surface area contributed by atoms with E-state index >= 15 is 0 Å². The van der Waals surface area contributed by atoms with E-state index in [9.17, 15) is 14.4 Å². The monoisotopic (exact) mass is 358 g/mol. The van der Waals surface area contributed by atoms with E-state index in [1.807, 2.05) is 18.2 Å². The van der Waals surface area contributed by atoms with E-state index in [1.165, 1.54) is 16.8 Å². The van der Waals surface area contributed by atoms with Crippen LogP contribution in [0.3, 0.4) is 0 Å². The molecule has 0 aromatic carbocycles. The number of hydrogen-bond acceptors (Lipinski definition) is 5. The number of rotatable bonds is 7. The molecule has 0 aliphatic carbocycles. The van der Waals surface area contributed by atoms with Gasteiger partial charge < -0.3 is 14.2 Å². The molecule has 26 heavy (non-hydrogen) atoms. The SMILES string of the molecule is O=C(CCn1ccc(=O)[nH]c1=O)N(Cc1ccccn1)C[C@H]1CCCO1. The van der Waals surface area contributed by atoms with Crippen LogP contribution >= 0.6 is 0 Å². The highest BCUT2D eigenvalue weighted by atomic mass is 16.5. The zero-order valence-corrected chi connectivity index (χ0v) is 14.5. The van der Waals surface area contributed by atoms with Crippen molar-refractivity contribution >= 4 is 5.91 Å². The van der Waals surface area contributed by atoms with Crippen LogP contribution in [0.1, 0.15) is 25.0 Å². The van der Waals surface area contributed by atoms with Gasteiger partial charge in [-0.2, -0.15) is 0 Å². The van der Waals surface area contributed by atoms with E-state index in [0.29, 0.717) is 13.1 Å². The van der Waals surface area contributed by atoms with E-state index in [4.69, 9.17) is 4.74 Å². The summed E-state index contributed by atoms with van der Waals surface area (Å²) >= 11 is 0. The number of H-pyrrole nitrogens is 1. The Labute approximate surface area is 150 Å². The van der Waals surface area contributed by atoms with Crippen LogP contribution in [0.4, 0.5) is 0 Å². The number of aryl methyl sites for hydroxylation is 1. The van der Waals surface area contributed by atoms with Crippen LogP contribution in [0.2, 0.25) is 0 Å². The van der Waals surface area contributed by atoms with Gasteiger partial charge in [0.15, 0.2) is 0 Å². The molecule has 3 heterocycles. The number of aromatic nitrogens is 3. The smallest absolute Gasteiger partial charge is 0.328 e. The van der Waals surface area contributed by atoms with Crippen molar-refractivity contribution in [3.05, 3.63) is 63.2 Å². The number of carbonyl (C=O) groups is 1. The normalized spacial score (nSPS) is 16.5. The highest BCUT2D eigenvalue weighted by Crippen LogP contribution is 2.15. The minimum Gasteiger partial charge on any atom is -0.376 e. The molecule has 0 unspecified atom stereocenters. The van der Waals surface area contributed by atoms with Crippen molar-refractivity contribution in [2.75, 3.05) is 13.2 Å². The van der Waals surface area contributed by atoms with E-state index in [-0.39, 0.29) is 25.0 Å². The molecule has 8 heteroatoms. The molecule has 138 valence electrons. The van der Waals surface area contributed by atoms with Gasteiger partial charge >= 0.3 is 5.69 Å². The van der Waals surface area contributed by atoms with Crippen LogP contribution in [0.5, 0.6) is 0 Å². The Bertz CT molecular complexity index is 840. The summed E-state index contributed by atoms with van der Waals surface area (Å²) in [5.74, 6) is -0.0794. The third-order valence-corrected chi connectivity index (χ3v) is 4.34. The van der Waals surface area contributed by atoms with Gasteiger partial charge in [0.1, 0.15) is 0 Å². The molecule has 2 aromatic rings. The number of pyridine rings is 1. The molecule has 0 saturated carbocycles. The number of amides is 1. The van der Waals surface area contributed by atoms with Crippen molar-refractivity contribution in [2.45, 2.75) is 38.5 Å². The molecular formula is C18H22N4O4. The highest BCUT2D eigenvalue weighted by molar-refractivity contribution is 5.76. The van der Waals surface area contributed by atoms with Crippen molar-refractivity contribution in [3.8, 4) is 0 Å². The van der Waals surface area contributed by atoms with Gasteiger partial charge in [0, 0.05) is 44.6 Å².